The Hall–Kier alpha value is -3.62. The van der Waals surface area contributed by atoms with Gasteiger partial charge in [0.2, 0.25) is 0 Å². The first-order chi connectivity index (χ1) is 16.5. The molecule has 0 saturated carbocycles. The summed E-state index contributed by atoms with van der Waals surface area (Å²) in [6.07, 6.45) is 0. The molecule has 4 amide bonds. The van der Waals surface area contributed by atoms with Crippen LogP contribution in [0.25, 0.3) is 0 Å². The number of rotatable bonds is 10. The number of hydrogen-bond acceptors (Lipinski definition) is 4. The van der Waals surface area contributed by atoms with Gasteiger partial charge in [0.05, 0.1) is 23.1 Å². The number of amides is 4. The van der Waals surface area contributed by atoms with E-state index in [-0.39, 0.29) is 26.3 Å². The van der Waals surface area contributed by atoms with Gasteiger partial charge in [0, 0.05) is 11.4 Å². The van der Waals surface area contributed by atoms with Crippen LogP contribution in [-0.2, 0) is 0 Å². The van der Waals surface area contributed by atoms with E-state index in [9.17, 15) is 9.59 Å². The van der Waals surface area contributed by atoms with E-state index in [0.717, 1.165) is 0 Å². The molecule has 3 rings (SSSR count). The average molecular weight is 503 g/mol. The highest BCUT2D eigenvalue weighted by molar-refractivity contribution is 6.32. The molecule has 8 nitrogen and oxygen atoms in total. The predicted octanol–water partition coefficient (Wildman–Crippen LogP) is 5.39. The number of hydrogen-bond donors (Lipinski definition) is 4. The van der Waals surface area contributed by atoms with Crippen LogP contribution < -0.4 is 30.7 Å². The molecule has 4 N–H and O–H groups in total. The second-order valence-corrected chi connectivity index (χ2v) is 7.71. The number of urea groups is 2. The van der Waals surface area contributed by atoms with Crippen LogP contribution in [0.3, 0.4) is 0 Å². The minimum Gasteiger partial charge on any atom is -0.490 e. The van der Waals surface area contributed by atoms with Gasteiger partial charge in [-0.05, 0) is 42.5 Å². The number of ether oxygens (including phenoxy) is 2. The Kier molecular flexibility index (Phi) is 9.69. The van der Waals surface area contributed by atoms with Gasteiger partial charge in [0.1, 0.15) is 24.7 Å². The number of carbonyl (C=O) groups is 2. The van der Waals surface area contributed by atoms with Crippen LogP contribution in [0.4, 0.5) is 21.0 Å². The average Bonchev–Trinajstić information content (AvgIpc) is 2.82. The zero-order chi connectivity index (χ0) is 24.2. The molecule has 0 aliphatic rings. The van der Waals surface area contributed by atoms with Crippen molar-refractivity contribution in [2.45, 2.75) is 0 Å². The van der Waals surface area contributed by atoms with E-state index in [2.05, 4.69) is 21.3 Å². The Morgan fingerprint density at radius 3 is 1.53 bits per heavy atom. The molecular weight excluding hydrogens is 479 g/mol. The van der Waals surface area contributed by atoms with E-state index < -0.39 is 12.1 Å². The lowest BCUT2D eigenvalue weighted by Gasteiger charge is -2.12. The summed E-state index contributed by atoms with van der Waals surface area (Å²) in [5.41, 5.74) is 1.04. The first-order valence-corrected chi connectivity index (χ1v) is 11.2. The highest BCUT2D eigenvalue weighted by atomic mass is 35.5. The van der Waals surface area contributed by atoms with E-state index in [1.165, 1.54) is 0 Å². The maximum Gasteiger partial charge on any atom is 0.319 e. The van der Waals surface area contributed by atoms with Gasteiger partial charge in [0.25, 0.3) is 0 Å². The predicted molar refractivity (Wildman–Crippen MR) is 134 cm³/mol. The lowest BCUT2D eigenvalue weighted by molar-refractivity contribution is 0.247. The van der Waals surface area contributed by atoms with Gasteiger partial charge in [-0.1, -0.05) is 53.5 Å². The van der Waals surface area contributed by atoms with Gasteiger partial charge in [-0.25, -0.2) is 9.59 Å². The molecule has 0 aliphatic carbocycles. The second-order valence-electron chi connectivity index (χ2n) is 6.90. The van der Waals surface area contributed by atoms with Crippen LogP contribution in [-0.4, -0.2) is 38.4 Å². The molecule has 0 radical (unpaired) electrons. The standard InChI is InChI=1S/C24H24Cl2N4O4/c25-19-8-1-3-10-21(19)33-14-12-27-23(31)29-17-6-5-7-18(16-17)30-24(32)28-13-15-34-22-11-4-2-9-20(22)26/h1-11,16H,12-15H2,(H2,27,29,31)(H2,28,30,32). The third-order valence-electron chi connectivity index (χ3n) is 4.34. The maximum atomic E-state index is 12.1. The maximum absolute atomic E-state index is 12.1. The zero-order valence-corrected chi connectivity index (χ0v) is 19.7. The SMILES string of the molecule is O=C(NCCOc1ccccc1Cl)Nc1cccc(NC(=O)NCCOc2ccccc2Cl)c1. The monoisotopic (exact) mass is 502 g/mol. The summed E-state index contributed by atoms with van der Waals surface area (Å²) in [5.74, 6) is 1.11. The van der Waals surface area contributed by atoms with Gasteiger partial charge >= 0.3 is 12.1 Å². The summed E-state index contributed by atoms with van der Waals surface area (Å²) in [6, 6.07) is 20.2. The summed E-state index contributed by atoms with van der Waals surface area (Å²) in [7, 11) is 0. The lowest BCUT2D eigenvalue weighted by Crippen LogP contribution is -2.33. The van der Waals surface area contributed by atoms with Crippen molar-refractivity contribution in [3.05, 3.63) is 82.8 Å². The summed E-state index contributed by atoms with van der Waals surface area (Å²) in [6.45, 7) is 1.10. The van der Waals surface area contributed by atoms with Crippen molar-refractivity contribution in [3.63, 3.8) is 0 Å². The highest BCUT2D eigenvalue weighted by Gasteiger charge is 2.06. The number of anilines is 2. The van der Waals surface area contributed by atoms with E-state index in [4.69, 9.17) is 32.7 Å². The quantitative estimate of drug-likeness (QED) is 0.279. The van der Waals surface area contributed by atoms with E-state index >= 15 is 0 Å². The Morgan fingerprint density at radius 1 is 0.647 bits per heavy atom. The molecule has 3 aromatic carbocycles. The Morgan fingerprint density at radius 2 is 1.09 bits per heavy atom. The third-order valence-corrected chi connectivity index (χ3v) is 4.97. The van der Waals surface area contributed by atoms with E-state index in [1.54, 1.807) is 48.5 Å². The van der Waals surface area contributed by atoms with Crippen LogP contribution in [0.2, 0.25) is 10.0 Å². The van der Waals surface area contributed by atoms with Gasteiger partial charge in [0.15, 0.2) is 0 Å². The molecule has 0 fully saturated rings. The molecule has 0 aromatic heterocycles. The van der Waals surface area contributed by atoms with Crippen LogP contribution >= 0.6 is 23.2 Å². The first kappa shape index (κ1) is 25.0. The molecule has 178 valence electrons. The summed E-state index contributed by atoms with van der Waals surface area (Å²) >= 11 is 12.0. The fraction of sp³-hybridized carbons (Fsp3) is 0.167. The Bertz CT molecular complexity index is 1030. The summed E-state index contributed by atoms with van der Waals surface area (Å²) in [4.78, 5) is 24.2. The number of benzene rings is 3. The zero-order valence-electron chi connectivity index (χ0n) is 18.1. The fourth-order valence-corrected chi connectivity index (χ4v) is 3.18. The molecule has 34 heavy (non-hydrogen) atoms. The Labute approximate surface area is 207 Å². The van der Waals surface area contributed by atoms with Gasteiger partial charge in [-0.15, -0.1) is 0 Å². The molecule has 10 heteroatoms. The van der Waals surface area contributed by atoms with Crippen molar-refractivity contribution in [1.82, 2.24) is 10.6 Å². The van der Waals surface area contributed by atoms with Crippen LogP contribution in [0.15, 0.2) is 72.8 Å². The van der Waals surface area contributed by atoms with Crippen molar-refractivity contribution < 1.29 is 19.1 Å². The minimum absolute atomic E-state index is 0.263. The fourth-order valence-electron chi connectivity index (χ4n) is 2.80. The smallest absolute Gasteiger partial charge is 0.319 e. The van der Waals surface area contributed by atoms with Gasteiger partial charge in [-0.3, -0.25) is 0 Å². The van der Waals surface area contributed by atoms with Crippen molar-refractivity contribution >= 4 is 46.6 Å². The van der Waals surface area contributed by atoms with Gasteiger partial charge < -0.3 is 30.7 Å². The van der Waals surface area contributed by atoms with Crippen molar-refractivity contribution in [3.8, 4) is 11.5 Å². The molecule has 0 unspecified atom stereocenters. The van der Waals surface area contributed by atoms with Crippen LogP contribution in [0.1, 0.15) is 0 Å². The molecule has 3 aromatic rings. The van der Waals surface area contributed by atoms with Crippen molar-refractivity contribution in [1.29, 1.82) is 0 Å². The summed E-state index contributed by atoms with van der Waals surface area (Å²) < 4.78 is 11.1. The molecular formula is C24H24Cl2N4O4. The molecule has 0 aliphatic heterocycles. The highest BCUT2D eigenvalue weighted by Crippen LogP contribution is 2.23. The molecule has 0 bridgehead atoms. The Balaban J connectivity index is 1.35. The van der Waals surface area contributed by atoms with Crippen molar-refractivity contribution in [2.24, 2.45) is 0 Å². The van der Waals surface area contributed by atoms with Crippen molar-refractivity contribution in [2.75, 3.05) is 36.9 Å². The number of nitrogens with one attached hydrogen (secondary N) is 4. The second kappa shape index (κ2) is 13.2. The largest absolute Gasteiger partial charge is 0.490 e. The molecule has 0 spiro atoms. The molecule has 0 heterocycles. The number of halogens is 2. The topological polar surface area (TPSA) is 101 Å². The lowest BCUT2D eigenvalue weighted by atomic mass is 10.3. The normalized spacial score (nSPS) is 10.2. The molecule has 0 atom stereocenters. The first-order valence-electron chi connectivity index (χ1n) is 10.5. The summed E-state index contributed by atoms with van der Waals surface area (Å²) in [5, 5.41) is 11.8. The molecule has 0 saturated heterocycles. The number of carbonyl (C=O) groups excluding carboxylic acids is 2. The van der Waals surface area contributed by atoms with Crippen LogP contribution in [0, 0.1) is 0 Å². The minimum atomic E-state index is -0.402. The number of para-hydroxylation sites is 2. The van der Waals surface area contributed by atoms with Gasteiger partial charge in [-0.2, -0.15) is 0 Å². The third kappa shape index (κ3) is 8.38. The van der Waals surface area contributed by atoms with E-state index in [1.807, 2.05) is 24.3 Å². The van der Waals surface area contributed by atoms with Crippen LogP contribution in [0.5, 0.6) is 11.5 Å². The van der Waals surface area contributed by atoms with E-state index in [0.29, 0.717) is 32.9 Å².